The van der Waals surface area contributed by atoms with Crippen molar-refractivity contribution in [3.63, 3.8) is 0 Å². The SMILES string of the molecule is C=C1c2ccc(CC)cc2CN1CC(C=O)(NC)C1C=CC(c2ccccc2)=CC1.C=CNC. The van der Waals surface area contributed by atoms with Crippen molar-refractivity contribution in [1.82, 2.24) is 15.5 Å². The summed E-state index contributed by atoms with van der Waals surface area (Å²) in [5.41, 5.74) is 6.63. The Morgan fingerprint density at radius 3 is 2.47 bits per heavy atom. The predicted octanol–water partition coefficient (Wildman–Crippen LogP) is 5.20. The number of allylic oxidation sites excluding steroid dienone is 3. The lowest BCUT2D eigenvalue weighted by Crippen LogP contribution is -2.57. The second-order valence-corrected chi connectivity index (χ2v) is 8.78. The minimum atomic E-state index is -0.659. The van der Waals surface area contributed by atoms with Crippen LogP contribution in [0.1, 0.15) is 35.6 Å². The molecule has 0 radical (unpaired) electrons. The molecule has 2 aliphatic rings. The van der Waals surface area contributed by atoms with E-state index in [0.717, 1.165) is 31.4 Å². The first-order valence-electron chi connectivity index (χ1n) is 11.9. The summed E-state index contributed by atoms with van der Waals surface area (Å²) in [5.74, 6) is 0.0928. The second kappa shape index (κ2) is 11.7. The molecule has 0 saturated carbocycles. The lowest BCUT2D eigenvalue weighted by Gasteiger charge is -2.39. The Kier molecular flexibility index (Phi) is 8.67. The molecule has 178 valence electrons. The molecule has 2 unspecified atom stereocenters. The summed E-state index contributed by atoms with van der Waals surface area (Å²) in [6, 6.07) is 17.0. The molecule has 1 aliphatic heterocycles. The number of rotatable bonds is 8. The minimum Gasteiger partial charge on any atom is -0.394 e. The summed E-state index contributed by atoms with van der Waals surface area (Å²) < 4.78 is 0. The summed E-state index contributed by atoms with van der Waals surface area (Å²) in [6.07, 6.45) is 11.2. The van der Waals surface area contributed by atoms with Gasteiger partial charge in [0, 0.05) is 37.3 Å². The van der Waals surface area contributed by atoms with Gasteiger partial charge in [-0.1, -0.05) is 86.8 Å². The van der Waals surface area contributed by atoms with Crippen molar-refractivity contribution < 1.29 is 4.79 Å². The number of benzene rings is 2. The van der Waals surface area contributed by atoms with Crippen LogP contribution in [-0.4, -0.2) is 37.4 Å². The van der Waals surface area contributed by atoms with E-state index >= 15 is 0 Å². The molecular weight excluding hydrogens is 418 g/mol. The fourth-order valence-electron chi connectivity index (χ4n) is 4.63. The van der Waals surface area contributed by atoms with Crippen LogP contribution < -0.4 is 10.6 Å². The zero-order valence-electron chi connectivity index (χ0n) is 20.7. The van der Waals surface area contributed by atoms with E-state index in [1.807, 2.05) is 20.2 Å². The number of aldehydes is 1. The highest BCUT2D eigenvalue weighted by Gasteiger charge is 2.40. The van der Waals surface area contributed by atoms with Crippen molar-refractivity contribution in [2.75, 3.05) is 20.6 Å². The number of nitrogens with one attached hydrogen (secondary N) is 2. The number of carbonyl (C=O) groups is 1. The minimum absolute atomic E-state index is 0.0928. The monoisotopic (exact) mass is 455 g/mol. The average Bonchev–Trinajstić information content (AvgIpc) is 3.22. The van der Waals surface area contributed by atoms with Gasteiger partial charge in [0.15, 0.2) is 0 Å². The molecule has 2 aromatic carbocycles. The molecular formula is C30H37N3O. The normalized spacial score (nSPS) is 18.2. The molecule has 0 bridgehead atoms. The first-order chi connectivity index (χ1) is 16.5. The van der Waals surface area contributed by atoms with Crippen molar-refractivity contribution in [3.8, 4) is 0 Å². The maximum atomic E-state index is 12.4. The van der Waals surface area contributed by atoms with Gasteiger partial charge < -0.3 is 20.3 Å². The van der Waals surface area contributed by atoms with Gasteiger partial charge >= 0.3 is 0 Å². The van der Waals surface area contributed by atoms with Gasteiger partial charge in [-0.2, -0.15) is 0 Å². The Morgan fingerprint density at radius 2 is 1.91 bits per heavy atom. The van der Waals surface area contributed by atoms with Crippen molar-refractivity contribution in [2.45, 2.75) is 31.8 Å². The third-order valence-corrected chi connectivity index (χ3v) is 6.83. The highest BCUT2D eigenvalue weighted by atomic mass is 16.1. The van der Waals surface area contributed by atoms with Gasteiger partial charge in [-0.25, -0.2) is 0 Å². The maximum Gasteiger partial charge on any atom is 0.142 e. The molecule has 1 aliphatic carbocycles. The predicted molar refractivity (Wildman–Crippen MR) is 144 cm³/mol. The second-order valence-electron chi connectivity index (χ2n) is 8.78. The van der Waals surface area contributed by atoms with Gasteiger partial charge in [0.05, 0.1) is 5.54 Å². The van der Waals surface area contributed by atoms with Gasteiger partial charge in [0.25, 0.3) is 0 Å². The third-order valence-electron chi connectivity index (χ3n) is 6.83. The molecule has 4 rings (SSSR count). The Bertz CT molecular complexity index is 1070. The number of likely N-dealkylation sites (N-methyl/N-ethyl adjacent to an activating group) is 1. The van der Waals surface area contributed by atoms with Crippen LogP contribution in [-0.2, 0) is 17.8 Å². The van der Waals surface area contributed by atoms with Crippen molar-refractivity contribution in [3.05, 3.63) is 108 Å². The molecule has 1 heterocycles. The van der Waals surface area contributed by atoms with Crippen LogP contribution >= 0.6 is 0 Å². The lowest BCUT2D eigenvalue weighted by atomic mass is 9.78. The first-order valence-corrected chi connectivity index (χ1v) is 11.9. The van der Waals surface area contributed by atoms with Gasteiger partial charge in [-0.15, -0.1) is 0 Å². The maximum absolute atomic E-state index is 12.4. The van der Waals surface area contributed by atoms with Crippen molar-refractivity contribution >= 4 is 17.6 Å². The zero-order chi connectivity index (χ0) is 24.6. The van der Waals surface area contributed by atoms with E-state index in [9.17, 15) is 4.79 Å². The van der Waals surface area contributed by atoms with E-state index in [1.165, 1.54) is 27.8 Å². The smallest absolute Gasteiger partial charge is 0.142 e. The number of carbonyl (C=O) groups excluding carboxylic acids is 1. The molecule has 2 N–H and O–H groups in total. The molecule has 0 amide bonds. The number of nitrogens with zero attached hydrogens (tertiary/aromatic N) is 1. The number of fused-ring (bicyclic) bond motifs is 1. The average molecular weight is 456 g/mol. The summed E-state index contributed by atoms with van der Waals surface area (Å²) in [7, 11) is 3.70. The van der Waals surface area contributed by atoms with Gasteiger partial charge in [0.1, 0.15) is 6.29 Å². The lowest BCUT2D eigenvalue weighted by molar-refractivity contribution is -0.115. The Balaban J connectivity index is 0.000000751. The van der Waals surface area contributed by atoms with Crippen LogP contribution in [0.2, 0.25) is 0 Å². The van der Waals surface area contributed by atoms with Crippen LogP contribution in [0.15, 0.2) is 86.1 Å². The topological polar surface area (TPSA) is 44.4 Å². The quantitative estimate of drug-likeness (QED) is 0.537. The van der Waals surface area contributed by atoms with Gasteiger partial charge in [0.2, 0.25) is 0 Å². The van der Waals surface area contributed by atoms with E-state index in [2.05, 4.69) is 96.3 Å². The zero-order valence-corrected chi connectivity index (χ0v) is 20.7. The summed E-state index contributed by atoms with van der Waals surface area (Å²) in [6.45, 7) is 11.3. The molecule has 0 aromatic heterocycles. The largest absolute Gasteiger partial charge is 0.394 e. The summed E-state index contributed by atoms with van der Waals surface area (Å²) in [5, 5.41) is 6.05. The molecule has 4 heteroatoms. The summed E-state index contributed by atoms with van der Waals surface area (Å²) >= 11 is 0. The highest BCUT2D eigenvalue weighted by molar-refractivity contribution is 5.77. The molecule has 2 atom stereocenters. The number of hydrogen-bond donors (Lipinski definition) is 2. The van der Waals surface area contributed by atoms with Crippen LogP contribution in [0.4, 0.5) is 0 Å². The molecule has 2 aromatic rings. The fraction of sp³-hybridized carbons (Fsp3) is 0.300. The molecule has 0 saturated heterocycles. The van der Waals surface area contributed by atoms with Crippen molar-refractivity contribution in [1.29, 1.82) is 0 Å². The Morgan fingerprint density at radius 1 is 1.18 bits per heavy atom. The van der Waals surface area contributed by atoms with Crippen molar-refractivity contribution in [2.24, 2.45) is 5.92 Å². The molecule has 0 fully saturated rings. The van der Waals surface area contributed by atoms with E-state index in [4.69, 9.17) is 0 Å². The van der Waals surface area contributed by atoms with E-state index in [1.54, 1.807) is 6.20 Å². The number of hydrogen-bond acceptors (Lipinski definition) is 4. The standard InChI is InChI=1S/C27H30N2O.C3H7N/c1-4-21-10-15-26-20(2)29(17-24(26)16-21)18-27(19-30,28-3)25-13-11-23(12-14-25)22-8-6-5-7-9-22;1-3-4-2/h5-13,15-16,19,25,28H,2,4,14,17-18H2,1,3H3;3-4H,1H2,2H3. The van der Waals surface area contributed by atoms with Crippen LogP contribution in [0.25, 0.3) is 11.3 Å². The highest BCUT2D eigenvalue weighted by Crippen LogP contribution is 2.36. The van der Waals surface area contributed by atoms with E-state index in [0.29, 0.717) is 6.54 Å². The fourth-order valence-corrected chi connectivity index (χ4v) is 4.63. The molecule has 4 nitrogen and oxygen atoms in total. The van der Waals surface area contributed by atoms with Gasteiger partial charge in [-0.3, -0.25) is 0 Å². The van der Waals surface area contributed by atoms with Crippen LogP contribution in [0, 0.1) is 5.92 Å². The molecule has 0 spiro atoms. The third kappa shape index (κ3) is 5.40. The first kappa shape index (κ1) is 25.3. The van der Waals surface area contributed by atoms with Gasteiger partial charge in [-0.05, 0) is 48.4 Å². The van der Waals surface area contributed by atoms with E-state index < -0.39 is 5.54 Å². The van der Waals surface area contributed by atoms with Crippen LogP contribution in [0.3, 0.4) is 0 Å². The van der Waals surface area contributed by atoms with E-state index in [-0.39, 0.29) is 5.92 Å². The van der Waals surface area contributed by atoms with Crippen LogP contribution in [0.5, 0.6) is 0 Å². The molecule has 34 heavy (non-hydrogen) atoms. The number of aryl methyl sites for hydroxylation is 1. The summed E-state index contributed by atoms with van der Waals surface area (Å²) in [4.78, 5) is 14.7. The Labute approximate surface area is 204 Å². The Hall–Kier alpha value is -3.37.